The summed E-state index contributed by atoms with van der Waals surface area (Å²) < 4.78 is 52.1. The number of amides is 2. The van der Waals surface area contributed by atoms with Crippen molar-refractivity contribution in [3.8, 4) is 0 Å². The van der Waals surface area contributed by atoms with Crippen LogP contribution in [0.4, 0.5) is 14.5 Å². The predicted molar refractivity (Wildman–Crippen MR) is 118 cm³/mol. The molecule has 0 aliphatic rings. The zero-order chi connectivity index (χ0) is 23.9. The van der Waals surface area contributed by atoms with Crippen molar-refractivity contribution in [3.63, 3.8) is 0 Å². The molecular formula is C22H27F2N3O4S. The second kappa shape index (κ2) is 11.0. The molecule has 2 rings (SSSR count). The van der Waals surface area contributed by atoms with E-state index < -0.39 is 27.7 Å². The van der Waals surface area contributed by atoms with E-state index >= 15 is 0 Å². The average Bonchev–Trinajstić information content (AvgIpc) is 2.75. The molecule has 0 saturated heterocycles. The largest absolute Gasteiger partial charge is 0.357 e. The van der Waals surface area contributed by atoms with E-state index in [0.717, 1.165) is 34.3 Å². The zero-order valence-corrected chi connectivity index (χ0v) is 19.0. The molecule has 2 amide bonds. The summed E-state index contributed by atoms with van der Waals surface area (Å²) in [5.41, 5.74) is 0.815. The van der Waals surface area contributed by atoms with Gasteiger partial charge in [-0.2, -0.15) is 0 Å². The Morgan fingerprint density at radius 1 is 1.06 bits per heavy atom. The molecule has 0 heterocycles. The van der Waals surface area contributed by atoms with Gasteiger partial charge >= 0.3 is 0 Å². The lowest BCUT2D eigenvalue weighted by molar-refractivity contribution is -0.140. The fourth-order valence-corrected chi connectivity index (χ4v) is 4.17. The highest BCUT2D eigenvalue weighted by molar-refractivity contribution is 7.92. The molecule has 0 aliphatic heterocycles. The number of benzene rings is 2. The van der Waals surface area contributed by atoms with E-state index in [1.165, 1.54) is 11.9 Å². The van der Waals surface area contributed by atoms with E-state index in [-0.39, 0.29) is 43.4 Å². The van der Waals surface area contributed by atoms with Crippen LogP contribution in [0.25, 0.3) is 0 Å². The van der Waals surface area contributed by atoms with Crippen LogP contribution in [0.2, 0.25) is 0 Å². The van der Waals surface area contributed by atoms with Gasteiger partial charge in [0.2, 0.25) is 21.8 Å². The van der Waals surface area contributed by atoms with Gasteiger partial charge in [-0.3, -0.25) is 13.9 Å². The summed E-state index contributed by atoms with van der Waals surface area (Å²) in [4.78, 5) is 26.5. The number of sulfonamides is 1. The zero-order valence-electron chi connectivity index (χ0n) is 18.2. The summed E-state index contributed by atoms with van der Waals surface area (Å²) in [5, 5.41) is 2.52. The van der Waals surface area contributed by atoms with E-state index in [9.17, 15) is 26.8 Å². The average molecular weight is 468 g/mol. The van der Waals surface area contributed by atoms with E-state index in [1.807, 2.05) is 30.3 Å². The Morgan fingerprint density at radius 2 is 1.72 bits per heavy atom. The minimum absolute atomic E-state index is 0.0290. The van der Waals surface area contributed by atoms with E-state index in [0.29, 0.717) is 0 Å². The topological polar surface area (TPSA) is 86.8 Å². The second-order valence-corrected chi connectivity index (χ2v) is 9.24. The van der Waals surface area contributed by atoms with Gasteiger partial charge in [0.15, 0.2) is 11.6 Å². The summed E-state index contributed by atoms with van der Waals surface area (Å²) >= 11 is 0. The Hall–Kier alpha value is -3.01. The molecule has 0 unspecified atom stereocenters. The Labute approximate surface area is 187 Å². The third-order valence-corrected chi connectivity index (χ3v) is 6.15. The third kappa shape index (κ3) is 6.74. The van der Waals surface area contributed by atoms with Crippen molar-refractivity contribution in [2.45, 2.75) is 32.4 Å². The highest BCUT2D eigenvalue weighted by Gasteiger charge is 2.26. The Bertz CT molecular complexity index is 1050. The molecular weight excluding hydrogens is 440 g/mol. The first kappa shape index (κ1) is 25.3. The molecule has 0 bridgehead atoms. The number of likely N-dealkylation sites (N-methyl/N-ethyl adjacent to an activating group) is 1. The van der Waals surface area contributed by atoms with Crippen LogP contribution in [0.5, 0.6) is 0 Å². The first-order chi connectivity index (χ1) is 15.0. The summed E-state index contributed by atoms with van der Waals surface area (Å²) in [6.07, 6.45) is 1.03. The maximum Gasteiger partial charge on any atom is 0.242 e. The van der Waals surface area contributed by atoms with Gasteiger partial charge in [0.1, 0.15) is 6.04 Å². The van der Waals surface area contributed by atoms with Gasteiger partial charge in [0.25, 0.3) is 0 Å². The molecule has 7 nitrogen and oxygen atoms in total. The molecule has 10 heteroatoms. The van der Waals surface area contributed by atoms with Crippen molar-refractivity contribution in [2.75, 3.05) is 24.2 Å². The van der Waals surface area contributed by atoms with Gasteiger partial charge in [0.05, 0.1) is 11.9 Å². The smallest absolute Gasteiger partial charge is 0.242 e. The number of hydrogen-bond acceptors (Lipinski definition) is 4. The summed E-state index contributed by atoms with van der Waals surface area (Å²) in [6.45, 7) is 1.72. The molecule has 0 saturated carbocycles. The first-order valence-electron chi connectivity index (χ1n) is 10.0. The van der Waals surface area contributed by atoms with Crippen LogP contribution in [0, 0.1) is 11.6 Å². The lowest BCUT2D eigenvalue weighted by Crippen LogP contribution is -2.46. The maximum absolute atomic E-state index is 13.6. The van der Waals surface area contributed by atoms with Gasteiger partial charge in [-0.1, -0.05) is 30.3 Å². The number of anilines is 1. The van der Waals surface area contributed by atoms with Gasteiger partial charge in [0, 0.05) is 32.6 Å². The number of carbonyl (C=O) groups excluding carboxylic acids is 2. The number of carbonyl (C=O) groups is 2. The van der Waals surface area contributed by atoms with Crippen LogP contribution in [-0.4, -0.2) is 51.0 Å². The quantitative estimate of drug-likeness (QED) is 0.582. The number of nitrogens with one attached hydrogen (secondary N) is 1. The lowest BCUT2D eigenvalue weighted by atomic mass is 10.1. The third-order valence-electron chi connectivity index (χ3n) is 4.95. The molecule has 0 spiro atoms. The molecule has 1 atom stereocenters. The van der Waals surface area contributed by atoms with Crippen LogP contribution in [0.1, 0.15) is 25.3 Å². The molecule has 174 valence electrons. The van der Waals surface area contributed by atoms with Crippen LogP contribution in [-0.2, 0) is 26.2 Å². The van der Waals surface area contributed by atoms with E-state index in [2.05, 4.69) is 5.32 Å². The van der Waals surface area contributed by atoms with Crippen LogP contribution in [0.15, 0.2) is 48.5 Å². The summed E-state index contributed by atoms with van der Waals surface area (Å²) in [5.74, 6) is -2.91. The van der Waals surface area contributed by atoms with Gasteiger partial charge < -0.3 is 10.2 Å². The standard InChI is InChI=1S/C22H27F2N3O4S/c1-16(22(29)25-2)26(15-17-8-5-4-6-9-17)21(28)10-7-13-27(32(3,30)31)18-11-12-19(23)20(24)14-18/h4-6,8-9,11-12,14,16H,7,10,13,15H2,1-3H3,(H,25,29)/t16-/m1/s1. The molecule has 0 radical (unpaired) electrons. The van der Waals surface area contributed by atoms with Crippen LogP contribution < -0.4 is 9.62 Å². The van der Waals surface area contributed by atoms with Crippen molar-refractivity contribution >= 4 is 27.5 Å². The molecule has 32 heavy (non-hydrogen) atoms. The molecule has 2 aromatic carbocycles. The monoisotopic (exact) mass is 467 g/mol. The highest BCUT2D eigenvalue weighted by atomic mass is 32.2. The Morgan fingerprint density at radius 3 is 2.28 bits per heavy atom. The van der Waals surface area contributed by atoms with E-state index in [1.54, 1.807) is 6.92 Å². The van der Waals surface area contributed by atoms with Crippen molar-refractivity contribution in [1.82, 2.24) is 10.2 Å². The normalized spacial score (nSPS) is 12.2. The van der Waals surface area contributed by atoms with Gasteiger partial charge in [-0.15, -0.1) is 0 Å². The maximum atomic E-state index is 13.6. The molecule has 0 fully saturated rings. The molecule has 0 aromatic heterocycles. The predicted octanol–water partition coefficient (Wildman–Crippen LogP) is 2.67. The van der Waals surface area contributed by atoms with Crippen LogP contribution >= 0.6 is 0 Å². The van der Waals surface area contributed by atoms with Crippen molar-refractivity contribution < 1.29 is 26.8 Å². The van der Waals surface area contributed by atoms with Crippen LogP contribution in [0.3, 0.4) is 0 Å². The second-order valence-electron chi connectivity index (χ2n) is 7.33. The Kier molecular flexibility index (Phi) is 8.71. The molecule has 2 aromatic rings. The van der Waals surface area contributed by atoms with Crippen molar-refractivity contribution in [1.29, 1.82) is 0 Å². The number of halogens is 2. The highest BCUT2D eigenvalue weighted by Crippen LogP contribution is 2.21. The lowest BCUT2D eigenvalue weighted by Gasteiger charge is -2.29. The summed E-state index contributed by atoms with van der Waals surface area (Å²) in [6, 6.07) is 11.3. The number of nitrogens with zero attached hydrogens (tertiary/aromatic N) is 2. The van der Waals surface area contributed by atoms with Crippen molar-refractivity contribution in [2.24, 2.45) is 0 Å². The number of rotatable bonds is 10. The first-order valence-corrected chi connectivity index (χ1v) is 11.9. The summed E-state index contributed by atoms with van der Waals surface area (Å²) in [7, 11) is -2.31. The fourth-order valence-electron chi connectivity index (χ4n) is 3.22. The molecule has 0 aliphatic carbocycles. The molecule has 1 N–H and O–H groups in total. The minimum Gasteiger partial charge on any atom is -0.357 e. The SMILES string of the molecule is CNC(=O)[C@@H](C)N(Cc1ccccc1)C(=O)CCCN(c1ccc(F)c(F)c1)S(C)(=O)=O. The van der Waals surface area contributed by atoms with Crippen molar-refractivity contribution in [3.05, 3.63) is 65.7 Å². The van der Waals surface area contributed by atoms with Gasteiger partial charge in [-0.25, -0.2) is 17.2 Å². The fraction of sp³-hybridized carbons (Fsp3) is 0.364. The Balaban J connectivity index is 2.14. The van der Waals surface area contributed by atoms with E-state index in [4.69, 9.17) is 0 Å². The minimum atomic E-state index is -3.79. The number of hydrogen-bond donors (Lipinski definition) is 1. The van der Waals surface area contributed by atoms with Gasteiger partial charge in [-0.05, 0) is 31.0 Å².